The summed E-state index contributed by atoms with van der Waals surface area (Å²) in [4.78, 5) is 0. The number of halogens is 6. The molecule has 0 amide bonds. The number of hydrazone groups is 2. The summed E-state index contributed by atoms with van der Waals surface area (Å²) < 4.78 is 78.5. The van der Waals surface area contributed by atoms with Crippen LogP contribution in [-0.2, 0) is 0 Å². The zero-order valence-electron chi connectivity index (χ0n) is 13.8. The molecule has 0 aromatic heterocycles. The molecule has 2 aromatic carbocycles. The van der Waals surface area contributed by atoms with Crippen molar-refractivity contribution in [1.29, 1.82) is 0 Å². The fraction of sp³-hybridized carbons (Fsp3) is 0.125. The normalized spacial score (nSPS) is 13.4. The summed E-state index contributed by atoms with van der Waals surface area (Å²) in [7, 11) is -0.388. The van der Waals surface area contributed by atoms with E-state index in [4.69, 9.17) is 0 Å². The van der Waals surface area contributed by atoms with Gasteiger partial charge in [-0.2, -0.15) is 36.5 Å². The third kappa shape index (κ3) is 7.35. The van der Waals surface area contributed by atoms with Gasteiger partial charge in [0.1, 0.15) is 0 Å². The smallest absolute Gasteiger partial charge is 0.277 e. The van der Waals surface area contributed by atoms with Crippen LogP contribution in [0.1, 0.15) is 0 Å². The summed E-state index contributed by atoms with van der Waals surface area (Å²) in [6.07, 6.45) is -9.88. The van der Waals surface area contributed by atoms with Crippen molar-refractivity contribution < 1.29 is 26.3 Å². The molecule has 2 aromatic rings. The lowest BCUT2D eigenvalue weighted by Gasteiger charge is -2.13. The van der Waals surface area contributed by atoms with E-state index in [-0.39, 0.29) is 33.0 Å². The lowest BCUT2D eigenvalue weighted by atomic mass is 10.3. The highest BCUT2D eigenvalue weighted by Crippen LogP contribution is 2.38. The van der Waals surface area contributed by atoms with Crippen LogP contribution in [0, 0.1) is 0 Å². The highest BCUT2D eigenvalue weighted by atomic mass is 33.1. The third-order valence-electron chi connectivity index (χ3n) is 2.81. The molecule has 0 fully saturated rings. The van der Waals surface area contributed by atoms with E-state index in [9.17, 15) is 26.3 Å². The zero-order valence-corrected chi connectivity index (χ0v) is 15.4. The number of nitrogens with zero attached hydrogens (tertiary/aromatic N) is 2. The van der Waals surface area contributed by atoms with Gasteiger partial charge in [0.05, 0.1) is 11.4 Å². The molecular formula is C16H12F6N4S2. The first-order chi connectivity index (χ1) is 13.2. The maximum atomic E-state index is 13.1. The molecule has 0 atom stereocenters. The first-order valence-corrected chi connectivity index (χ1v) is 9.57. The molecule has 4 nitrogen and oxygen atoms in total. The van der Waals surface area contributed by atoms with Crippen molar-refractivity contribution in [3.8, 4) is 0 Å². The van der Waals surface area contributed by atoms with Crippen LogP contribution in [0.3, 0.4) is 0 Å². The first-order valence-electron chi connectivity index (χ1n) is 7.42. The number of hydrogen-bond donors (Lipinski definition) is 2. The van der Waals surface area contributed by atoms with Crippen molar-refractivity contribution in [3.05, 3.63) is 60.7 Å². The number of para-hydroxylation sites is 2. The summed E-state index contributed by atoms with van der Waals surface area (Å²) in [6.45, 7) is 0. The van der Waals surface area contributed by atoms with Crippen molar-refractivity contribution in [2.75, 3.05) is 10.9 Å². The first kappa shape index (κ1) is 22.0. The minimum absolute atomic E-state index is 0.194. The van der Waals surface area contributed by atoms with Crippen molar-refractivity contribution in [1.82, 2.24) is 0 Å². The Hall–Kier alpha value is -2.34. The van der Waals surface area contributed by atoms with Gasteiger partial charge < -0.3 is 0 Å². The summed E-state index contributed by atoms with van der Waals surface area (Å²) in [5.41, 5.74) is 4.85. The zero-order chi connectivity index (χ0) is 20.6. The maximum Gasteiger partial charge on any atom is 0.442 e. The van der Waals surface area contributed by atoms with Gasteiger partial charge in [-0.1, -0.05) is 36.4 Å². The van der Waals surface area contributed by atoms with E-state index in [2.05, 4.69) is 21.1 Å². The second-order valence-corrected chi connectivity index (χ2v) is 7.06. The van der Waals surface area contributed by atoms with Crippen molar-refractivity contribution in [3.63, 3.8) is 0 Å². The van der Waals surface area contributed by atoms with Crippen LogP contribution in [0.15, 0.2) is 70.9 Å². The number of rotatable bonds is 4. The summed E-state index contributed by atoms with van der Waals surface area (Å²) >= 11 is 0. The van der Waals surface area contributed by atoms with E-state index in [0.717, 1.165) is 0 Å². The Kier molecular flexibility index (Phi) is 7.63. The molecular weight excluding hydrogens is 426 g/mol. The van der Waals surface area contributed by atoms with Crippen molar-refractivity contribution in [2.24, 2.45) is 10.2 Å². The van der Waals surface area contributed by atoms with Crippen LogP contribution in [0.4, 0.5) is 37.7 Å². The van der Waals surface area contributed by atoms with E-state index in [0.29, 0.717) is 0 Å². The lowest BCUT2D eigenvalue weighted by molar-refractivity contribution is -0.0565. The Balaban J connectivity index is 2.12. The Bertz CT molecular complexity index is 738. The number of benzene rings is 2. The molecule has 2 N–H and O–H groups in total. The van der Waals surface area contributed by atoms with Gasteiger partial charge in [-0.3, -0.25) is 10.9 Å². The quantitative estimate of drug-likeness (QED) is 0.192. The topological polar surface area (TPSA) is 48.8 Å². The van der Waals surface area contributed by atoms with Gasteiger partial charge in [-0.15, -0.1) is 0 Å². The number of alkyl halides is 6. The van der Waals surface area contributed by atoms with Gasteiger partial charge in [0.2, 0.25) is 10.1 Å². The highest BCUT2D eigenvalue weighted by Gasteiger charge is 2.42. The summed E-state index contributed by atoms with van der Waals surface area (Å²) in [5, 5.41) is 3.38. The van der Waals surface area contributed by atoms with Crippen molar-refractivity contribution >= 4 is 43.1 Å². The van der Waals surface area contributed by atoms with Gasteiger partial charge in [0.25, 0.3) is 0 Å². The minimum Gasteiger partial charge on any atom is -0.277 e. The lowest BCUT2D eigenvalue weighted by Crippen LogP contribution is -2.23. The molecule has 0 spiro atoms. The molecule has 0 radical (unpaired) electrons. The van der Waals surface area contributed by atoms with E-state index < -0.39 is 22.4 Å². The predicted octanol–water partition coefficient (Wildman–Crippen LogP) is 6.34. The van der Waals surface area contributed by atoms with E-state index in [1.54, 1.807) is 36.4 Å². The second-order valence-electron chi connectivity index (χ2n) is 4.95. The van der Waals surface area contributed by atoms with Crippen molar-refractivity contribution in [2.45, 2.75) is 12.4 Å². The van der Waals surface area contributed by atoms with E-state index in [1.165, 1.54) is 24.3 Å². The standard InChI is InChI=1S/C16H12F6N4S2/c17-15(18,19)13(25-23-11-7-3-1-4-8-11)27-28-14(16(20,21)22)26-24-12-9-5-2-6-10-12/h1-10,23-24H/b25-13-,26-14-. The van der Waals surface area contributed by atoms with Gasteiger partial charge in [-0.25, -0.2) is 0 Å². The van der Waals surface area contributed by atoms with Gasteiger partial charge in [0.15, 0.2) is 0 Å². The summed E-state index contributed by atoms with van der Waals surface area (Å²) in [6, 6.07) is 15.4. The minimum atomic E-state index is -4.94. The fourth-order valence-corrected chi connectivity index (χ4v) is 3.37. The molecule has 0 aliphatic carbocycles. The monoisotopic (exact) mass is 438 g/mol. The van der Waals surface area contributed by atoms with E-state index in [1.807, 2.05) is 0 Å². The molecule has 150 valence electrons. The molecule has 0 bridgehead atoms. The molecule has 0 unspecified atom stereocenters. The van der Waals surface area contributed by atoms with Gasteiger partial charge in [-0.05, 0) is 45.9 Å². The number of nitrogens with one attached hydrogen (secondary N) is 2. The molecule has 0 saturated carbocycles. The second kappa shape index (κ2) is 9.73. The Morgan fingerprint density at radius 3 is 1.21 bits per heavy atom. The van der Waals surface area contributed by atoms with E-state index >= 15 is 0 Å². The average molecular weight is 438 g/mol. The van der Waals surface area contributed by atoms with Crippen LogP contribution in [-0.4, -0.2) is 22.4 Å². The maximum absolute atomic E-state index is 13.1. The van der Waals surface area contributed by atoms with Crippen LogP contribution in [0.2, 0.25) is 0 Å². The number of hydrogen-bond acceptors (Lipinski definition) is 6. The summed E-state index contributed by atoms with van der Waals surface area (Å²) in [5.74, 6) is 0. The molecule has 0 saturated heterocycles. The molecule has 0 aliphatic rings. The Labute approximate surface area is 163 Å². The molecule has 0 heterocycles. The van der Waals surface area contributed by atoms with Crippen LogP contribution in [0.5, 0.6) is 0 Å². The molecule has 2 rings (SSSR count). The highest BCUT2D eigenvalue weighted by molar-refractivity contribution is 8.87. The fourth-order valence-electron chi connectivity index (χ4n) is 1.59. The number of anilines is 2. The predicted molar refractivity (Wildman–Crippen MR) is 102 cm³/mol. The Morgan fingerprint density at radius 1 is 0.607 bits per heavy atom. The van der Waals surface area contributed by atoms with Gasteiger partial charge >= 0.3 is 12.4 Å². The van der Waals surface area contributed by atoms with Gasteiger partial charge in [0, 0.05) is 0 Å². The Morgan fingerprint density at radius 2 is 0.929 bits per heavy atom. The average Bonchev–Trinajstić information content (AvgIpc) is 2.63. The molecule has 28 heavy (non-hydrogen) atoms. The van der Waals surface area contributed by atoms with Crippen LogP contribution in [0.25, 0.3) is 0 Å². The van der Waals surface area contributed by atoms with Crippen LogP contribution >= 0.6 is 21.6 Å². The molecule has 12 heteroatoms. The SMILES string of the molecule is FC(F)(F)/C(=N/Nc1ccccc1)SS/C(=N\Nc1ccccc1)C(F)(F)F. The molecule has 0 aliphatic heterocycles. The third-order valence-corrected chi connectivity index (χ3v) is 5.05. The van der Waals surface area contributed by atoms with Crippen LogP contribution < -0.4 is 10.9 Å². The largest absolute Gasteiger partial charge is 0.442 e.